The largest absolute Gasteiger partial charge is 0.294 e. The van der Waals surface area contributed by atoms with Crippen molar-refractivity contribution in [3.8, 4) is 11.4 Å². The Hall–Kier alpha value is -2.63. The van der Waals surface area contributed by atoms with Gasteiger partial charge in [0.2, 0.25) is 0 Å². The zero-order valence-electron chi connectivity index (χ0n) is 14.3. The van der Waals surface area contributed by atoms with Crippen molar-refractivity contribution < 1.29 is 0 Å². The van der Waals surface area contributed by atoms with Gasteiger partial charge in [-0.3, -0.25) is 9.88 Å². The standard InChI is InChI=1S/C21H18N4S/c1-2-6-20-18(5-1)17(14-26-20)13-25-9-7-19-16(12-25)11-23-21(24-19)15-4-3-8-22-10-15/h1-6,8,10-11,14H,7,9,12-13H2. The SMILES string of the molecule is c1cncc(-c2ncc3c(n2)CCN(Cc2csc4ccccc24)C3)c1. The van der Waals surface area contributed by atoms with Crippen LogP contribution < -0.4 is 0 Å². The van der Waals surface area contributed by atoms with Gasteiger partial charge in [-0.2, -0.15) is 0 Å². The lowest BCUT2D eigenvalue weighted by Crippen LogP contribution is -2.30. The zero-order valence-corrected chi connectivity index (χ0v) is 15.1. The van der Waals surface area contributed by atoms with Crippen LogP contribution in [0, 0.1) is 0 Å². The maximum Gasteiger partial charge on any atom is 0.160 e. The van der Waals surface area contributed by atoms with Crippen LogP contribution in [0.1, 0.15) is 16.8 Å². The van der Waals surface area contributed by atoms with E-state index in [0.717, 1.165) is 37.4 Å². The first-order valence-electron chi connectivity index (χ1n) is 8.79. The summed E-state index contributed by atoms with van der Waals surface area (Å²) in [5, 5.41) is 3.67. The van der Waals surface area contributed by atoms with E-state index in [9.17, 15) is 0 Å². The number of benzene rings is 1. The minimum Gasteiger partial charge on any atom is -0.294 e. The van der Waals surface area contributed by atoms with Crippen LogP contribution in [0.5, 0.6) is 0 Å². The molecule has 1 aliphatic rings. The molecule has 0 fully saturated rings. The normalized spacial score (nSPS) is 14.5. The molecule has 4 heterocycles. The molecule has 1 aromatic carbocycles. The summed E-state index contributed by atoms with van der Waals surface area (Å²) in [5.74, 6) is 0.772. The van der Waals surface area contributed by atoms with E-state index in [2.05, 4.69) is 44.5 Å². The van der Waals surface area contributed by atoms with Crippen molar-refractivity contribution in [3.63, 3.8) is 0 Å². The maximum absolute atomic E-state index is 4.79. The quantitative estimate of drug-likeness (QED) is 0.547. The van der Waals surface area contributed by atoms with Crippen LogP contribution in [0.15, 0.2) is 60.4 Å². The number of rotatable bonds is 3. The summed E-state index contributed by atoms with van der Waals surface area (Å²) >= 11 is 1.83. The predicted molar refractivity (Wildman–Crippen MR) is 105 cm³/mol. The van der Waals surface area contributed by atoms with Crippen LogP contribution >= 0.6 is 11.3 Å². The molecule has 4 nitrogen and oxygen atoms in total. The third-order valence-electron chi connectivity index (χ3n) is 4.89. The minimum atomic E-state index is 0.772. The van der Waals surface area contributed by atoms with Crippen molar-refractivity contribution in [1.82, 2.24) is 19.9 Å². The van der Waals surface area contributed by atoms with Gasteiger partial charge >= 0.3 is 0 Å². The second-order valence-corrected chi connectivity index (χ2v) is 7.54. The monoisotopic (exact) mass is 358 g/mol. The molecule has 4 aromatic rings. The molecule has 0 unspecified atom stereocenters. The van der Waals surface area contributed by atoms with Crippen molar-refractivity contribution in [2.45, 2.75) is 19.5 Å². The van der Waals surface area contributed by atoms with Crippen molar-refractivity contribution >= 4 is 21.4 Å². The fourth-order valence-corrected chi connectivity index (χ4v) is 4.49. The third-order valence-corrected chi connectivity index (χ3v) is 5.90. The fraction of sp³-hybridized carbons (Fsp3) is 0.190. The lowest BCUT2D eigenvalue weighted by atomic mass is 10.1. The highest BCUT2D eigenvalue weighted by Gasteiger charge is 2.20. The van der Waals surface area contributed by atoms with E-state index < -0.39 is 0 Å². The van der Waals surface area contributed by atoms with Crippen LogP contribution in [0.3, 0.4) is 0 Å². The molecular formula is C21H18N4S. The summed E-state index contributed by atoms with van der Waals surface area (Å²) in [6.07, 6.45) is 6.54. The molecule has 5 rings (SSSR count). The molecule has 0 N–H and O–H groups in total. The van der Waals surface area contributed by atoms with Gasteiger partial charge in [-0.05, 0) is 34.5 Å². The molecule has 0 saturated heterocycles. The topological polar surface area (TPSA) is 41.9 Å². The van der Waals surface area contributed by atoms with Crippen LogP contribution in [-0.4, -0.2) is 26.4 Å². The van der Waals surface area contributed by atoms with Gasteiger partial charge in [0.15, 0.2) is 5.82 Å². The summed E-state index contributed by atoms with van der Waals surface area (Å²) in [6, 6.07) is 12.6. The van der Waals surface area contributed by atoms with E-state index in [1.807, 2.05) is 35.9 Å². The Morgan fingerprint density at radius 3 is 2.96 bits per heavy atom. The molecule has 0 radical (unpaired) electrons. The average molecular weight is 358 g/mol. The summed E-state index contributed by atoms with van der Waals surface area (Å²) in [6.45, 7) is 2.92. The number of pyridine rings is 1. The van der Waals surface area contributed by atoms with E-state index in [1.54, 1.807) is 6.20 Å². The van der Waals surface area contributed by atoms with Crippen LogP contribution in [0.2, 0.25) is 0 Å². The molecule has 128 valence electrons. The Morgan fingerprint density at radius 1 is 1.08 bits per heavy atom. The van der Waals surface area contributed by atoms with Gasteiger partial charge in [0.05, 0.1) is 5.69 Å². The first-order chi connectivity index (χ1) is 12.9. The first-order valence-corrected chi connectivity index (χ1v) is 9.67. The Morgan fingerprint density at radius 2 is 2.04 bits per heavy atom. The maximum atomic E-state index is 4.79. The molecule has 5 heteroatoms. The van der Waals surface area contributed by atoms with E-state index in [0.29, 0.717) is 0 Å². The summed E-state index contributed by atoms with van der Waals surface area (Å²) in [5.41, 5.74) is 4.80. The van der Waals surface area contributed by atoms with E-state index in [1.165, 1.54) is 26.9 Å². The number of aromatic nitrogens is 3. The van der Waals surface area contributed by atoms with E-state index >= 15 is 0 Å². The highest BCUT2D eigenvalue weighted by molar-refractivity contribution is 7.17. The molecule has 0 saturated carbocycles. The molecule has 3 aromatic heterocycles. The summed E-state index contributed by atoms with van der Waals surface area (Å²) in [4.78, 5) is 16.0. The summed E-state index contributed by atoms with van der Waals surface area (Å²) < 4.78 is 1.37. The van der Waals surface area contributed by atoms with Gasteiger partial charge in [-0.25, -0.2) is 9.97 Å². The van der Waals surface area contributed by atoms with Gasteiger partial charge in [-0.15, -0.1) is 11.3 Å². The lowest BCUT2D eigenvalue weighted by molar-refractivity contribution is 0.244. The average Bonchev–Trinajstić information content (AvgIpc) is 3.11. The molecule has 0 amide bonds. The molecule has 0 bridgehead atoms. The number of hydrogen-bond donors (Lipinski definition) is 0. The van der Waals surface area contributed by atoms with Crippen molar-refractivity contribution in [1.29, 1.82) is 0 Å². The van der Waals surface area contributed by atoms with E-state index in [4.69, 9.17) is 4.98 Å². The Kier molecular flexibility index (Phi) is 3.96. The zero-order chi connectivity index (χ0) is 17.3. The molecule has 0 atom stereocenters. The molecular weight excluding hydrogens is 340 g/mol. The highest BCUT2D eigenvalue weighted by atomic mass is 32.1. The van der Waals surface area contributed by atoms with Gasteiger partial charge in [0.1, 0.15) is 0 Å². The lowest BCUT2D eigenvalue weighted by Gasteiger charge is -2.27. The first kappa shape index (κ1) is 15.6. The second-order valence-electron chi connectivity index (χ2n) is 6.62. The minimum absolute atomic E-state index is 0.772. The molecule has 0 aliphatic carbocycles. The van der Waals surface area contributed by atoms with Crippen molar-refractivity contribution in [3.05, 3.63) is 77.2 Å². The van der Waals surface area contributed by atoms with Gasteiger partial charge in [0, 0.05) is 60.5 Å². The Balaban J connectivity index is 1.37. The van der Waals surface area contributed by atoms with Crippen LogP contribution in [0.25, 0.3) is 21.5 Å². The second kappa shape index (κ2) is 6.59. The van der Waals surface area contributed by atoms with E-state index in [-0.39, 0.29) is 0 Å². The number of thiophene rings is 1. The fourth-order valence-electron chi connectivity index (χ4n) is 3.54. The third kappa shape index (κ3) is 2.89. The highest BCUT2D eigenvalue weighted by Crippen LogP contribution is 2.28. The Labute approximate surface area is 156 Å². The van der Waals surface area contributed by atoms with Gasteiger partial charge in [0.25, 0.3) is 0 Å². The number of fused-ring (bicyclic) bond motifs is 2. The van der Waals surface area contributed by atoms with Gasteiger partial charge < -0.3 is 0 Å². The Bertz CT molecular complexity index is 1060. The molecule has 0 spiro atoms. The molecule has 1 aliphatic heterocycles. The van der Waals surface area contributed by atoms with Crippen molar-refractivity contribution in [2.75, 3.05) is 6.54 Å². The molecule has 26 heavy (non-hydrogen) atoms. The summed E-state index contributed by atoms with van der Waals surface area (Å²) in [7, 11) is 0. The predicted octanol–water partition coefficient (Wildman–Crippen LogP) is 4.31. The smallest absolute Gasteiger partial charge is 0.160 e. The van der Waals surface area contributed by atoms with Crippen LogP contribution in [-0.2, 0) is 19.5 Å². The van der Waals surface area contributed by atoms with Gasteiger partial charge in [-0.1, -0.05) is 18.2 Å². The number of nitrogens with zero attached hydrogens (tertiary/aromatic N) is 4. The number of hydrogen-bond acceptors (Lipinski definition) is 5. The van der Waals surface area contributed by atoms with Crippen LogP contribution in [0.4, 0.5) is 0 Å². The van der Waals surface area contributed by atoms with Crippen molar-refractivity contribution in [2.24, 2.45) is 0 Å².